The molecule has 3 aliphatic heterocycles. The normalized spacial score (nSPS) is 18.9. The zero-order chi connectivity index (χ0) is 36.8. The molecule has 0 saturated carbocycles. The van der Waals surface area contributed by atoms with Crippen LogP contribution in [0.2, 0.25) is 0 Å². The maximum absolute atomic E-state index is 15.3. The molecule has 0 bridgehead atoms. The van der Waals surface area contributed by atoms with Crippen LogP contribution in [0.5, 0.6) is 0 Å². The van der Waals surface area contributed by atoms with Gasteiger partial charge < -0.3 is 30.4 Å². The number of para-hydroxylation sites is 2. The number of benzene rings is 4. The second kappa shape index (κ2) is 14.1. The van der Waals surface area contributed by atoms with Gasteiger partial charge in [0.1, 0.15) is 31.1 Å². The number of nitrogens with zero attached hydrogens (tertiary/aromatic N) is 6. The van der Waals surface area contributed by atoms with Crippen molar-refractivity contribution in [3.05, 3.63) is 121 Å². The van der Waals surface area contributed by atoms with Gasteiger partial charge in [0.15, 0.2) is 0 Å². The zero-order valence-electron chi connectivity index (χ0n) is 30.5. The van der Waals surface area contributed by atoms with Crippen LogP contribution in [0.4, 0.5) is 27.1 Å². The van der Waals surface area contributed by atoms with Crippen molar-refractivity contribution in [3.8, 4) is 0 Å². The molecule has 10 rings (SSSR count). The van der Waals surface area contributed by atoms with Gasteiger partial charge in [-0.25, -0.2) is 13.9 Å². The molecule has 2 fully saturated rings. The Hall–Kier alpha value is -5.79. The molecule has 6 heterocycles. The van der Waals surface area contributed by atoms with Crippen molar-refractivity contribution in [3.63, 3.8) is 0 Å². The van der Waals surface area contributed by atoms with Crippen molar-refractivity contribution in [2.45, 2.75) is 44.3 Å². The molecule has 2 saturated heterocycles. The molecule has 0 aliphatic carbocycles. The molecule has 2 atom stereocenters. The summed E-state index contributed by atoms with van der Waals surface area (Å²) in [6.07, 6.45) is 10.2. The highest BCUT2D eigenvalue weighted by Gasteiger charge is 2.42. The highest BCUT2D eigenvalue weighted by Crippen LogP contribution is 2.42. The van der Waals surface area contributed by atoms with E-state index >= 15 is 4.39 Å². The monoisotopic (exact) mass is 739 g/mol. The summed E-state index contributed by atoms with van der Waals surface area (Å²) in [7, 11) is 0. The lowest BCUT2D eigenvalue weighted by Gasteiger charge is -2.40. The number of hydrogen-bond donors (Lipinski definition) is 4. The number of aryl methyl sites for hydroxylation is 2. The summed E-state index contributed by atoms with van der Waals surface area (Å²) in [4.78, 5) is 7.44. The van der Waals surface area contributed by atoms with Crippen LogP contribution < -0.4 is 20.5 Å². The Labute approximate surface area is 317 Å². The van der Waals surface area contributed by atoms with Gasteiger partial charge in [0, 0.05) is 75.6 Å². The summed E-state index contributed by atoms with van der Waals surface area (Å²) in [5.74, 6) is -0.0774. The third kappa shape index (κ3) is 6.57. The number of aromatic nitrogens is 7. The number of ether oxygens (including phenoxy) is 2. The van der Waals surface area contributed by atoms with Crippen LogP contribution in [0, 0.1) is 11.2 Å². The lowest BCUT2D eigenvalue weighted by molar-refractivity contribution is -0.731. The standard InChI is InChI=1S/C42H44FN10O2/c43-34-17-39-33(30-6-2-4-8-36(30)50-39)16-40(34)46-20-42(22-55-23-42)21-53-27-51(26-48-53)41-19-54-14-11-31(41)32-15-29-10-9-28-5-1-3-7-35(28)49-37(29)18-38(32)45-12-13-52-25-44-24-47-52/h1-8,15-18,24-27,31,41,45-46,49-50H,9-14,19-23H2/q+1. The smallest absolute Gasteiger partial charge is 0.265 e. The number of rotatable bonds is 11. The van der Waals surface area contributed by atoms with Crippen LogP contribution in [-0.4, -0.2) is 69.0 Å². The van der Waals surface area contributed by atoms with E-state index < -0.39 is 0 Å². The van der Waals surface area contributed by atoms with Crippen LogP contribution in [0.25, 0.3) is 21.8 Å². The summed E-state index contributed by atoms with van der Waals surface area (Å²) < 4.78 is 33.3. The fourth-order valence-corrected chi connectivity index (χ4v) is 8.62. The topological polar surface area (TPSA) is 123 Å². The van der Waals surface area contributed by atoms with Crippen LogP contribution in [-0.2, 0) is 35.4 Å². The van der Waals surface area contributed by atoms with E-state index in [4.69, 9.17) is 14.6 Å². The Morgan fingerprint density at radius 3 is 2.65 bits per heavy atom. The second-order valence-electron chi connectivity index (χ2n) is 15.3. The van der Waals surface area contributed by atoms with Gasteiger partial charge in [-0.3, -0.25) is 4.68 Å². The van der Waals surface area contributed by atoms with Crippen molar-refractivity contribution in [1.82, 2.24) is 29.5 Å². The molecule has 2 unspecified atom stereocenters. The van der Waals surface area contributed by atoms with E-state index in [2.05, 4.69) is 84.4 Å². The summed E-state index contributed by atoms with van der Waals surface area (Å²) in [5.41, 5.74) is 9.42. The van der Waals surface area contributed by atoms with Gasteiger partial charge in [0.25, 0.3) is 6.33 Å². The van der Waals surface area contributed by atoms with Crippen LogP contribution in [0.15, 0.2) is 98.1 Å². The average Bonchev–Trinajstić information content (AvgIpc) is 3.94. The summed E-state index contributed by atoms with van der Waals surface area (Å²) in [5, 5.41) is 22.2. The fraction of sp³-hybridized carbons (Fsp3) is 0.333. The van der Waals surface area contributed by atoms with Gasteiger partial charge in [-0.1, -0.05) is 42.5 Å². The van der Waals surface area contributed by atoms with Crippen LogP contribution in [0.3, 0.4) is 0 Å². The molecule has 4 N–H and O–H groups in total. The summed E-state index contributed by atoms with van der Waals surface area (Å²) in [6.45, 7) is 5.04. The molecule has 280 valence electrons. The van der Waals surface area contributed by atoms with Crippen molar-refractivity contribution in [2.24, 2.45) is 5.41 Å². The predicted octanol–water partition coefficient (Wildman–Crippen LogP) is 6.36. The first-order valence-electron chi connectivity index (χ1n) is 19.2. The van der Waals surface area contributed by atoms with Gasteiger partial charge >= 0.3 is 0 Å². The number of H-pyrrole nitrogens is 1. The largest absolute Gasteiger partial charge is 0.383 e. The van der Waals surface area contributed by atoms with Gasteiger partial charge in [-0.15, -0.1) is 4.68 Å². The van der Waals surface area contributed by atoms with Crippen LogP contribution in [0.1, 0.15) is 35.1 Å². The van der Waals surface area contributed by atoms with E-state index in [1.54, 1.807) is 18.7 Å². The lowest BCUT2D eigenvalue weighted by atomic mass is 9.84. The van der Waals surface area contributed by atoms with E-state index in [9.17, 15) is 0 Å². The Morgan fingerprint density at radius 2 is 1.76 bits per heavy atom. The van der Waals surface area contributed by atoms with E-state index in [-0.39, 0.29) is 23.2 Å². The minimum Gasteiger partial charge on any atom is -0.383 e. The van der Waals surface area contributed by atoms with Crippen molar-refractivity contribution in [1.29, 1.82) is 0 Å². The molecule has 0 radical (unpaired) electrons. The van der Waals surface area contributed by atoms with Crippen molar-refractivity contribution < 1.29 is 18.4 Å². The van der Waals surface area contributed by atoms with Gasteiger partial charge in [-0.05, 0) is 60.2 Å². The minimum absolute atomic E-state index is 0.0519. The van der Waals surface area contributed by atoms with E-state index in [0.29, 0.717) is 58.3 Å². The van der Waals surface area contributed by atoms with Gasteiger partial charge in [-0.2, -0.15) is 5.10 Å². The molecular formula is C42H44FN10O2+. The maximum atomic E-state index is 15.3. The molecule has 0 amide bonds. The molecule has 3 aromatic heterocycles. The van der Waals surface area contributed by atoms with Gasteiger partial charge in [0.2, 0.25) is 6.33 Å². The molecule has 4 aromatic carbocycles. The van der Waals surface area contributed by atoms with Crippen molar-refractivity contribution >= 4 is 44.6 Å². The Kier molecular flexibility index (Phi) is 8.67. The summed E-state index contributed by atoms with van der Waals surface area (Å²) in [6, 6.07) is 24.9. The zero-order valence-corrected chi connectivity index (χ0v) is 30.5. The van der Waals surface area contributed by atoms with Crippen LogP contribution >= 0.6 is 0 Å². The number of halogens is 1. The predicted molar refractivity (Wildman–Crippen MR) is 209 cm³/mol. The van der Waals surface area contributed by atoms with Gasteiger partial charge in [0.05, 0.1) is 37.5 Å². The first kappa shape index (κ1) is 33.8. The number of fused-ring (bicyclic) bond motifs is 5. The number of hydrogen-bond acceptors (Lipinski definition) is 8. The molecule has 0 spiro atoms. The number of anilines is 4. The number of aromatic amines is 1. The molecular weight excluding hydrogens is 696 g/mol. The fourth-order valence-electron chi connectivity index (χ4n) is 8.62. The van der Waals surface area contributed by atoms with E-state index in [1.807, 2.05) is 40.0 Å². The third-order valence-corrected chi connectivity index (χ3v) is 11.6. The molecule has 3 aliphatic rings. The molecule has 7 aromatic rings. The Bertz CT molecular complexity index is 2470. The maximum Gasteiger partial charge on any atom is 0.265 e. The van der Waals surface area contributed by atoms with Crippen molar-refractivity contribution in [2.75, 3.05) is 55.5 Å². The Balaban J connectivity index is 0.897. The SMILES string of the molecule is Fc1cc2[nH]c3ccccc3c2cc1NCC1(Cn2c[n+](C3COCCC3c3cc4c(cc3NCCn3cncn3)Nc3ccccc3CC4)cn2)COC1. The summed E-state index contributed by atoms with van der Waals surface area (Å²) >= 11 is 0. The molecule has 13 heteroatoms. The minimum atomic E-state index is -0.278. The third-order valence-electron chi connectivity index (χ3n) is 11.6. The Morgan fingerprint density at radius 1 is 0.873 bits per heavy atom. The molecule has 12 nitrogen and oxygen atoms in total. The van der Waals surface area contributed by atoms with E-state index in [1.165, 1.54) is 22.4 Å². The lowest BCUT2D eigenvalue weighted by Crippen LogP contribution is -2.51. The van der Waals surface area contributed by atoms with E-state index in [0.717, 1.165) is 52.4 Å². The average molecular weight is 740 g/mol. The highest BCUT2D eigenvalue weighted by molar-refractivity contribution is 6.08. The first-order valence-corrected chi connectivity index (χ1v) is 19.2. The second-order valence-corrected chi connectivity index (χ2v) is 15.3. The quantitative estimate of drug-likeness (QED) is 0.113. The first-order chi connectivity index (χ1) is 27.1. The number of nitrogens with one attached hydrogen (secondary N) is 4. The molecule has 55 heavy (non-hydrogen) atoms. The highest BCUT2D eigenvalue weighted by atomic mass is 19.1.